The lowest BCUT2D eigenvalue weighted by Crippen LogP contribution is -2.22. The van der Waals surface area contributed by atoms with Crippen LogP contribution in [-0.2, 0) is 11.8 Å². The first-order valence-corrected chi connectivity index (χ1v) is 10.2. The van der Waals surface area contributed by atoms with Crippen LogP contribution >= 0.6 is 11.8 Å². The molecule has 8 nitrogen and oxygen atoms in total. The molecule has 2 heterocycles. The summed E-state index contributed by atoms with van der Waals surface area (Å²) in [5.41, 5.74) is 2.09. The molecule has 0 atom stereocenters. The number of ketones is 1. The first-order chi connectivity index (χ1) is 14.3. The van der Waals surface area contributed by atoms with Crippen LogP contribution in [0.4, 0.5) is 5.69 Å². The molecule has 2 aromatic carbocycles. The van der Waals surface area contributed by atoms with Gasteiger partial charge in [0.15, 0.2) is 22.4 Å². The van der Waals surface area contributed by atoms with Gasteiger partial charge in [-0.1, -0.05) is 23.4 Å². The van der Waals surface area contributed by atoms with Gasteiger partial charge in [0.2, 0.25) is 12.7 Å². The normalized spacial score (nSPS) is 12.2. The van der Waals surface area contributed by atoms with E-state index in [4.69, 9.17) is 9.47 Å². The van der Waals surface area contributed by atoms with Crippen LogP contribution in [0.25, 0.3) is 10.9 Å². The maximum Gasteiger partial charge on any atom is 0.261 e. The van der Waals surface area contributed by atoms with Crippen LogP contribution in [0.1, 0.15) is 22.8 Å². The standard InChI is InChI=1S/C21H19N3O5S/c1-11-4-5-15-14(6-11)20(27)24(3)21(23-15)30-9-19(26)22-16-8-18-17(28-10-29-18)7-13(16)12(2)25/h4-8H,9-10H2,1-3H3,(H,22,26). The van der Waals surface area contributed by atoms with E-state index in [2.05, 4.69) is 10.3 Å². The van der Waals surface area contributed by atoms with Crippen LogP contribution in [0.3, 0.4) is 0 Å². The zero-order chi connectivity index (χ0) is 21.4. The number of nitrogens with one attached hydrogen (secondary N) is 1. The Labute approximate surface area is 176 Å². The number of aryl methyl sites for hydroxylation is 1. The minimum Gasteiger partial charge on any atom is -0.454 e. The molecule has 0 saturated carbocycles. The van der Waals surface area contributed by atoms with E-state index >= 15 is 0 Å². The molecule has 4 rings (SSSR count). The van der Waals surface area contributed by atoms with Gasteiger partial charge in [-0.25, -0.2) is 4.98 Å². The second-order valence-corrected chi connectivity index (χ2v) is 7.87. The molecule has 0 aliphatic carbocycles. The Balaban J connectivity index is 1.54. The third-order valence-corrected chi connectivity index (χ3v) is 5.72. The molecule has 3 aromatic rings. The SMILES string of the molecule is CC(=O)c1cc2c(cc1NC(=O)CSc1nc3ccc(C)cc3c(=O)n1C)OCO2. The van der Waals surface area contributed by atoms with Gasteiger partial charge in [0.25, 0.3) is 5.56 Å². The number of amides is 1. The van der Waals surface area contributed by atoms with Crippen LogP contribution in [0.5, 0.6) is 11.5 Å². The number of Topliss-reactive ketones (excluding diaryl/α,β-unsaturated/α-hetero) is 1. The van der Waals surface area contributed by atoms with Gasteiger partial charge in [-0.2, -0.15) is 0 Å². The van der Waals surface area contributed by atoms with Gasteiger partial charge in [-0.05, 0) is 32.0 Å². The Morgan fingerprint density at radius 2 is 1.93 bits per heavy atom. The van der Waals surface area contributed by atoms with Crippen molar-refractivity contribution in [2.24, 2.45) is 7.05 Å². The fourth-order valence-electron chi connectivity index (χ4n) is 3.15. The van der Waals surface area contributed by atoms with Crippen molar-refractivity contribution in [1.29, 1.82) is 0 Å². The van der Waals surface area contributed by atoms with Gasteiger partial charge in [-0.15, -0.1) is 0 Å². The first-order valence-electron chi connectivity index (χ1n) is 9.18. The molecule has 0 fully saturated rings. The number of ether oxygens (including phenoxy) is 2. The lowest BCUT2D eigenvalue weighted by Gasteiger charge is -2.12. The highest BCUT2D eigenvalue weighted by Gasteiger charge is 2.20. The first kappa shape index (κ1) is 20.0. The number of hydrogen-bond acceptors (Lipinski definition) is 7. The molecule has 0 radical (unpaired) electrons. The highest BCUT2D eigenvalue weighted by molar-refractivity contribution is 7.99. The summed E-state index contributed by atoms with van der Waals surface area (Å²) in [6, 6.07) is 8.62. The van der Waals surface area contributed by atoms with Crippen molar-refractivity contribution >= 4 is 40.0 Å². The van der Waals surface area contributed by atoms with Crippen LogP contribution in [-0.4, -0.2) is 33.8 Å². The molecule has 0 bridgehead atoms. The Bertz CT molecular complexity index is 1250. The summed E-state index contributed by atoms with van der Waals surface area (Å²) in [7, 11) is 1.63. The van der Waals surface area contributed by atoms with Gasteiger partial charge < -0.3 is 14.8 Å². The number of anilines is 1. The van der Waals surface area contributed by atoms with E-state index in [0.29, 0.717) is 38.8 Å². The molecule has 1 N–H and O–H groups in total. The molecule has 154 valence electrons. The van der Waals surface area contributed by atoms with E-state index in [1.54, 1.807) is 31.3 Å². The van der Waals surface area contributed by atoms with E-state index in [1.165, 1.54) is 11.5 Å². The molecular weight excluding hydrogens is 406 g/mol. The van der Waals surface area contributed by atoms with Crippen LogP contribution in [0.2, 0.25) is 0 Å². The fraction of sp³-hybridized carbons (Fsp3) is 0.238. The molecule has 30 heavy (non-hydrogen) atoms. The van der Waals surface area contributed by atoms with E-state index in [0.717, 1.165) is 17.3 Å². The van der Waals surface area contributed by atoms with Gasteiger partial charge in [-0.3, -0.25) is 19.0 Å². The monoisotopic (exact) mass is 425 g/mol. The van der Waals surface area contributed by atoms with Gasteiger partial charge in [0.05, 0.1) is 22.3 Å². The number of fused-ring (bicyclic) bond motifs is 2. The summed E-state index contributed by atoms with van der Waals surface area (Å²) in [4.78, 5) is 41.6. The van der Waals surface area contributed by atoms with Crippen molar-refractivity contribution in [2.75, 3.05) is 17.9 Å². The van der Waals surface area contributed by atoms with Crippen molar-refractivity contribution in [3.63, 3.8) is 0 Å². The van der Waals surface area contributed by atoms with Crippen LogP contribution in [0, 0.1) is 6.92 Å². The average Bonchev–Trinajstić information content (AvgIpc) is 3.17. The van der Waals surface area contributed by atoms with E-state index in [9.17, 15) is 14.4 Å². The molecule has 1 aromatic heterocycles. The molecule has 0 unspecified atom stereocenters. The Morgan fingerprint density at radius 3 is 2.67 bits per heavy atom. The van der Waals surface area contributed by atoms with Crippen molar-refractivity contribution in [3.8, 4) is 11.5 Å². The smallest absolute Gasteiger partial charge is 0.261 e. The number of aromatic nitrogens is 2. The molecule has 1 aliphatic heterocycles. The molecule has 1 aliphatic rings. The summed E-state index contributed by atoms with van der Waals surface area (Å²) in [6.45, 7) is 3.40. The Hall–Kier alpha value is -3.33. The maximum absolute atomic E-state index is 12.6. The lowest BCUT2D eigenvalue weighted by atomic mass is 10.1. The minimum absolute atomic E-state index is 0.0173. The third-order valence-electron chi connectivity index (χ3n) is 4.69. The fourth-order valence-corrected chi connectivity index (χ4v) is 3.92. The number of rotatable bonds is 5. The van der Waals surface area contributed by atoms with Crippen molar-refractivity contribution < 1.29 is 19.1 Å². The van der Waals surface area contributed by atoms with E-state index in [1.807, 2.05) is 13.0 Å². The maximum atomic E-state index is 12.6. The number of nitrogens with zero attached hydrogens (tertiary/aromatic N) is 2. The molecule has 9 heteroatoms. The second kappa shape index (κ2) is 7.83. The summed E-state index contributed by atoms with van der Waals surface area (Å²) in [6.07, 6.45) is 0. The molecule has 1 amide bonds. The Kier molecular flexibility index (Phi) is 5.21. The zero-order valence-electron chi connectivity index (χ0n) is 16.6. The number of carbonyl (C=O) groups excluding carboxylic acids is 2. The second-order valence-electron chi connectivity index (χ2n) is 6.92. The number of hydrogen-bond donors (Lipinski definition) is 1. The van der Waals surface area contributed by atoms with E-state index < -0.39 is 0 Å². The van der Waals surface area contributed by atoms with Crippen molar-refractivity contribution in [1.82, 2.24) is 9.55 Å². The van der Waals surface area contributed by atoms with Gasteiger partial charge in [0.1, 0.15) is 0 Å². The van der Waals surface area contributed by atoms with Crippen LogP contribution in [0.15, 0.2) is 40.3 Å². The predicted molar refractivity (Wildman–Crippen MR) is 114 cm³/mol. The average molecular weight is 425 g/mol. The molecule has 0 spiro atoms. The predicted octanol–water partition coefficient (Wildman–Crippen LogP) is 2.90. The van der Waals surface area contributed by atoms with Crippen LogP contribution < -0.4 is 20.3 Å². The summed E-state index contributed by atoms with van der Waals surface area (Å²) >= 11 is 1.15. The third kappa shape index (κ3) is 3.76. The number of carbonyl (C=O) groups is 2. The molecule has 0 saturated heterocycles. The quantitative estimate of drug-likeness (QED) is 0.381. The van der Waals surface area contributed by atoms with Crippen molar-refractivity contribution in [3.05, 3.63) is 51.8 Å². The highest BCUT2D eigenvalue weighted by Crippen LogP contribution is 2.37. The lowest BCUT2D eigenvalue weighted by molar-refractivity contribution is -0.113. The number of thioether (sulfide) groups is 1. The van der Waals surface area contributed by atoms with Gasteiger partial charge >= 0.3 is 0 Å². The zero-order valence-corrected chi connectivity index (χ0v) is 17.5. The van der Waals surface area contributed by atoms with E-state index in [-0.39, 0.29) is 29.8 Å². The Morgan fingerprint density at radius 1 is 1.20 bits per heavy atom. The summed E-state index contributed by atoms with van der Waals surface area (Å²) < 4.78 is 12.0. The van der Waals surface area contributed by atoms with Gasteiger partial charge in [0, 0.05) is 18.7 Å². The topological polar surface area (TPSA) is 99.5 Å². The molecular formula is C21H19N3O5S. The minimum atomic E-state index is -0.334. The highest BCUT2D eigenvalue weighted by atomic mass is 32.2. The largest absolute Gasteiger partial charge is 0.454 e. The van der Waals surface area contributed by atoms with Crippen molar-refractivity contribution in [2.45, 2.75) is 19.0 Å². The summed E-state index contributed by atoms with van der Waals surface area (Å²) in [5, 5.41) is 3.71. The summed E-state index contributed by atoms with van der Waals surface area (Å²) in [5.74, 6) is 0.420. The number of benzene rings is 2.